The lowest BCUT2D eigenvalue weighted by Crippen LogP contribution is -2.18. The summed E-state index contributed by atoms with van der Waals surface area (Å²) in [5, 5.41) is 16.4. The maximum atomic E-state index is 12.1. The average molecular weight is 311 g/mol. The summed E-state index contributed by atoms with van der Waals surface area (Å²) in [5.74, 6) is 2.20. The maximum absolute atomic E-state index is 12.1. The Morgan fingerprint density at radius 1 is 1.50 bits per heavy atom. The van der Waals surface area contributed by atoms with Gasteiger partial charge in [0.2, 0.25) is 11.8 Å². The number of halogens is 2. The number of rotatable bonds is 9. The molecule has 7 nitrogen and oxygen atoms in total. The van der Waals surface area contributed by atoms with Gasteiger partial charge in [-0.2, -0.15) is 15.3 Å². The number of amides is 1. The van der Waals surface area contributed by atoms with E-state index in [0.29, 0.717) is 19.3 Å². The lowest BCUT2D eigenvalue weighted by atomic mass is 10.0. The van der Waals surface area contributed by atoms with Crippen LogP contribution < -0.4 is 10.1 Å². The molecule has 0 aromatic carbocycles. The number of carbonyl (C=O) groups excluding carboxylic acids is 1. The molecule has 1 aliphatic heterocycles. The van der Waals surface area contributed by atoms with Crippen LogP contribution in [0.25, 0.3) is 0 Å². The van der Waals surface area contributed by atoms with E-state index in [2.05, 4.69) is 31.7 Å². The lowest BCUT2D eigenvalue weighted by Gasteiger charge is -2.09. The van der Waals surface area contributed by atoms with E-state index in [0.717, 1.165) is 0 Å². The molecule has 0 saturated carbocycles. The molecule has 0 radical (unpaired) electrons. The van der Waals surface area contributed by atoms with Crippen LogP contribution in [0.4, 0.5) is 14.5 Å². The van der Waals surface area contributed by atoms with Crippen molar-refractivity contribution in [3.63, 3.8) is 0 Å². The van der Waals surface area contributed by atoms with Crippen molar-refractivity contribution in [1.29, 1.82) is 0 Å². The second-order valence-electron chi connectivity index (χ2n) is 4.75. The van der Waals surface area contributed by atoms with Gasteiger partial charge in [-0.1, -0.05) is 0 Å². The van der Waals surface area contributed by atoms with E-state index < -0.39 is 18.7 Å². The van der Waals surface area contributed by atoms with Gasteiger partial charge in [0.25, 0.3) is 6.43 Å². The number of hydrogen-bond donors (Lipinski definition) is 2. The number of carbonyl (C=O) groups is 1. The molecule has 22 heavy (non-hydrogen) atoms. The molecule has 2 N–H and O–H groups in total. The van der Waals surface area contributed by atoms with E-state index in [4.69, 9.17) is 11.2 Å². The van der Waals surface area contributed by atoms with Crippen molar-refractivity contribution in [2.45, 2.75) is 37.8 Å². The van der Waals surface area contributed by atoms with E-state index in [-0.39, 0.29) is 23.9 Å². The van der Waals surface area contributed by atoms with Gasteiger partial charge in [-0.25, -0.2) is 13.9 Å². The van der Waals surface area contributed by atoms with E-state index in [1.165, 1.54) is 6.20 Å². The zero-order chi connectivity index (χ0) is 16.0. The van der Waals surface area contributed by atoms with Crippen molar-refractivity contribution >= 4 is 11.6 Å². The third kappa shape index (κ3) is 4.51. The Labute approximate surface area is 125 Å². The molecule has 1 amide bonds. The molecule has 9 heteroatoms. The topological polar surface area (TPSA) is 91.7 Å². The predicted molar refractivity (Wildman–Crippen MR) is 73.6 cm³/mol. The van der Waals surface area contributed by atoms with Gasteiger partial charge in [0.1, 0.15) is 5.69 Å². The van der Waals surface area contributed by atoms with Crippen LogP contribution in [0.15, 0.2) is 16.4 Å². The largest absolute Gasteiger partial charge is 0.470 e. The monoisotopic (exact) mass is 311 g/mol. The van der Waals surface area contributed by atoms with Crippen LogP contribution >= 0.6 is 0 Å². The smallest absolute Gasteiger partial charge is 0.272 e. The van der Waals surface area contributed by atoms with Crippen LogP contribution in [0.2, 0.25) is 0 Å². The van der Waals surface area contributed by atoms with Crippen molar-refractivity contribution in [1.82, 2.24) is 10.2 Å². The number of nitrogens with one attached hydrogen (secondary N) is 2. The van der Waals surface area contributed by atoms with Gasteiger partial charge in [0, 0.05) is 25.7 Å². The molecule has 1 aliphatic rings. The zero-order valence-electron chi connectivity index (χ0n) is 11.7. The normalized spacial score (nSPS) is 14.6. The molecule has 1 aromatic heterocycles. The first-order valence-corrected chi connectivity index (χ1v) is 6.66. The number of alkyl halides is 2. The molecule has 0 saturated heterocycles. The van der Waals surface area contributed by atoms with Crippen LogP contribution in [0, 0.1) is 12.3 Å². The van der Waals surface area contributed by atoms with Gasteiger partial charge in [0.05, 0.1) is 6.20 Å². The second kappa shape index (κ2) is 6.98. The molecule has 118 valence electrons. The average Bonchev–Trinajstić information content (AvgIpc) is 3.13. The summed E-state index contributed by atoms with van der Waals surface area (Å²) in [6.07, 6.45) is 5.65. The van der Waals surface area contributed by atoms with Gasteiger partial charge < -0.3 is 10.1 Å². The van der Waals surface area contributed by atoms with Crippen LogP contribution in [-0.4, -0.2) is 34.8 Å². The fourth-order valence-electron chi connectivity index (χ4n) is 1.81. The standard InChI is InChI=1S/C13H15F2N5O2/c1-2-3-5-13(19-20-13)6-4-11(21)17-9-7-16-18-12(9)22-8-10(14)15/h1,7,10H,3-6,8H2,(H,16,18)(H,17,21). The second-order valence-corrected chi connectivity index (χ2v) is 4.75. The van der Waals surface area contributed by atoms with Crippen LogP contribution in [0.5, 0.6) is 5.88 Å². The summed E-state index contributed by atoms with van der Waals surface area (Å²) in [5.41, 5.74) is -0.317. The van der Waals surface area contributed by atoms with E-state index >= 15 is 0 Å². The minimum atomic E-state index is -2.61. The third-order valence-electron chi connectivity index (χ3n) is 3.04. The van der Waals surface area contributed by atoms with Gasteiger partial charge >= 0.3 is 0 Å². The van der Waals surface area contributed by atoms with Crippen molar-refractivity contribution in [3.05, 3.63) is 6.20 Å². The highest BCUT2D eigenvalue weighted by Gasteiger charge is 2.39. The Bertz CT molecular complexity index is 587. The summed E-state index contributed by atoms with van der Waals surface area (Å²) in [7, 11) is 0. The molecule has 2 rings (SSSR count). The predicted octanol–water partition coefficient (Wildman–Crippen LogP) is 2.35. The lowest BCUT2D eigenvalue weighted by molar-refractivity contribution is -0.116. The Kier molecular flexibility index (Phi) is 5.04. The number of aromatic amines is 1. The van der Waals surface area contributed by atoms with Crippen molar-refractivity contribution in [2.24, 2.45) is 10.2 Å². The fourth-order valence-corrected chi connectivity index (χ4v) is 1.81. The first kappa shape index (κ1) is 15.9. The Morgan fingerprint density at radius 2 is 2.27 bits per heavy atom. The molecule has 0 fully saturated rings. The Hall–Kier alpha value is -2.50. The van der Waals surface area contributed by atoms with Gasteiger partial charge in [0.15, 0.2) is 12.3 Å². The fraction of sp³-hybridized carbons (Fsp3) is 0.538. The summed E-state index contributed by atoms with van der Waals surface area (Å²) in [6.45, 7) is -0.780. The minimum Gasteiger partial charge on any atom is -0.470 e. The van der Waals surface area contributed by atoms with E-state index in [1.54, 1.807) is 0 Å². The number of hydrogen-bond acceptors (Lipinski definition) is 5. The number of ether oxygens (including phenoxy) is 1. The molecular formula is C13H15F2N5O2. The highest BCUT2D eigenvalue weighted by atomic mass is 19.3. The molecule has 0 spiro atoms. The van der Waals surface area contributed by atoms with Crippen LogP contribution in [0.1, 0.15) is 25.7 Å². The number of aromatic nitrogens is 2. The highest BCUT2D eigenvalue weighted by Crippen LogP contribution is 2.37. The highest BCUT2D eigenvalue weighted by molar-refractivity contribution is 5.91. The SMILES string of the molecule is C#CCCC1(CCC(=O)Nc2cn[nH]c2OCC(F)F)N=N1. The number of terminal acetylenes is 1. The van der Waals surface area contributed by atoms with Crippen molar-refractivity contribution in [3.8, 4) is 18.2 Å². The summed E-state index contributed by atoms with van der Waals surface area (Å²) in [4.78, 5) is 11.9. The summed E-state index contributed by atoms with van der Waals surface area (Å²) in [6, 6.07) is 0. The van der Waals surface area contributed by atoms with Crippen molar-refractivity contribution < 1.29 is 18.3 Å². The maximum Gasteiger partial charge on any atom is 0.272 e. The van der Waals surface area contributed by atoms with E-state index in [1.807, 2.05) is 0 Å². The molecule has 0 unspecified atom stereocenters. The van der Waals surface area contributed by atoms with Crippen LogP contribution in [-0.2, 0) is 4.79 Å². The Balaban J connectivity index is 1.78. The first-order valence-electron chi connectivity index (χ1n) is 6.66. The number of anilines is 1. The first-order chi connectivity index (χ1) is 10.5. The molecule has 0 bridgehead atoms. The Morgan fingerprint density at radius 3 is 2.91 bits per heavy atom. The quantitative estimate of drug-likeness (QED) is 0.686. The molecular weight excluding hydrogens is 296 g/mol. The molecule has 0 aliphatic carbocycles. The van der Waals surface area contributed by atoms with Gasteiger partial charge in [-0.15, -0.1) is 12.3 Å². The number of H-pyrrole nitrogens is 1. The van der Waals surface area contributed by atoms with Crippen LogP contribution in [0.3, 0.4) is 0 Å². The van der Waals surface area contributed by atoms with Gasteiger partial charge in [-0.05, 0) is 0 Å². The molecule has 2 heterocycles. The molecule has 1 aromatic rings. The minimum absolute atomic E-state index is 0.00325. The zero-order valence-corrected chi connectivity index (χ0v) is 11.7. The summed E-state index contributed by atoms with van der Waals surface area (Å²) < 4.78 is 29.0. The van der Waals surface area contributed by atoms with Crippen molar-refractivity contribution in [2.75, 3.05) is 11.9 Å². The van der Waals surface area contributed by atoms with Gasteiger partial charge in [-0.3, -0.25) is 4.79 Å². The summed E-state index contributed by atoms with van der Waals surface area (Å²) >= 11 is 0. The third-order valence-corrected chi connectivity index (χ3v) is 3.04. The van der Waals surface area contributed by atoms with E-state index in [9.17, 15) is 13.6 Å². The molecule has 0 atom stereocenters. The number of nitrogens with zero attached hydrogens (tertiary/aromatic N) is 3.